The molecule has 2 rings (SSSR count). The van der Waals surface area contributed by atoms with E-state index in [4.69, 9.17) is 14.9 Å². The van der Waals surface area contributed by atoms with Gasteiger partial charge in [-0.05, 0) is 19.2 Å². The molecule has 2 aromatic rings. The van der Waals surface area contributed by atoms with Crippen LogP contribution in [0.2, 0.25) is 0 Å². The summed E-state index contributed by atoms with van der Waals surface area (Å²) in [6.45, 7) is 1.73. The molecule has 114 valence electrons. The van der Waals surface area contributed by atoms with Gasteiger partial charge in [0.2, 0.25) is 11.8 Å². The molecule has 1 amide bonds. The quantitative estimate of drug-likeness (QED) is 0.573. The summed E-state index contributed by atoms with van der Waals surface area (Å²) in [7, 11) is 3.43. The molecule has 1 aromatic heterocycles. The predicted octanol–water partition coefficient (Wildman–Crippen LogP) is 0.604. The van der Waals surface area contributed by atoms with E-state index in [9.17, 15) is 4.79 Å². The van der Waals surface area contributed by atoms with Crippen molar-refractivity contribution in [3.8, 4) is 0 Å². The van der Waals surface area contributed by atoms with Crippen LogP contribution in [0.25, 0.3) is 11.1 Å². The fraction of sp³-hybridized carbons (Fsp3) is 0.429. The first-order valence-corrected chi connectivity index (χ1v) is 6.67. The molecule has 0 bridgehead atoms. The number of ether oxygens (including phenoxy) is 1. The molecule has 1 heterocycles. The first kappa shape index (κ1) is 15.3. The Morgan fingerprint density at radius 2 is 2.33 bits per heavy atom. The van der Waals surface area contributed by atoms with E-state index < -0.39 is 0 Å². The highest BCUT2D eigenvalue weighted by atomic mass is 16.5. The maximum atomic E-state index is 11.7. The van der Waals surface area contributed by atoms with Gasteiger partial charge in [-0.1, -0.05) is 0 Å². The van der Waals surface area contributed by atoms with E-state index in [1.165, 1.54) is 0 Å². The highest BCUT2D eigenvalue weighted by molar-refractivity contribution is 5.78. The van der Waals surface area contributed by atoms with Gasteiger partial charge in [0, 0.05) is 25.4 Å². The molecule has 3 N–H and O–H groups in total. The van der Waals surface area contributed by atoms with Crippen LogP contribution in [0.5, 0.6) is 0 Å². The summed E-state index contributed by atoms with van der Waals surface area (Å²) in [4.78, 5) is 17.8. The van der Waals surface area contributed by atoms with Gasteiger partial charge in [0.05, 0.1) is 19.7 Å². The summed E-state index contributed by atoms with van der Waals surface area (Å²) < 4.78 is 10.5. The molecule has 0 saturated carbocycles. The molecule has 1 aromatic carbocycles. The Bertz CT molecular complexity index is 611. The summed E-state index contributed by atoms with van der Waals surface area (Å²) >= 11 is 0. The Morgan fingerprint density at radius 1 is 1.52 bits per heavy atom. The number of nitrogens with two attached hydrogens (primary N) is 1. The van der Waals surface area contributed by atoms with E-state index in [1.807, 2.05) is 18.0 Å². The average Bonchev–Trinajstić information content (AvgIpc) is 2.79. The molecule has 0 radical (unpaired) electrons. The van der Waals surface area contributed by atoms with Crippen LogP contribution >= 0.6 is 0 Å². The Balaban J connectivity index is 1.88. The summed E-state index contributed by atoms with van der Waals surface area (Å²) in [5.41, 5.74) is 7.75. The van der Waals surface area contributed by atoms with E-state index in [0.717, 1.165) is 5.52 Å². The number of anilines is 1. The normalized spacial score (nSPS) is 11.2. The molecule has 0 unspecified atom stereocenters. The number of likely N-dealkylation sites (N-methyl/N-ethyl adjacent to an activating group) is 1. The standard InChI is InChI=1S/C14H20N4O3/c1-18(8-13(19)16-5-6-20-2)9-14-17-11-4-3-10(15)7-12(11)21-14/h3-4,7H,5-6,8-9,15H2,1-2H3,(H,16,19). The highest BCUT2D eigenvalue weighted by Crippen LogP contribution is 2.18. The first-order chi connectivity index (χ1) is 10.1. The monoisotopic (exact) mass is 292 g/mol. The van der Waals surface area contributed by atoms with Crippen LogP contribution < -0.4 is 11.1 Å². The molecule has 0 fully saturated rings. The summed E-state index contributed by atoms with van der Waals surface area (Å²) in [6, 6.07) is 5.33. The topological polar surface area (TPSA) is 93.6 Å². The number of oxazole rings is 1. The lowest BCUT2D eigenvalue weighted by Crippen LogP contribution is -2.36. The van der Waals surface area contributed by atoms with Gasteiger partial charge in [-0.2, -0.15) is 0 Å². The molecule has 7 heteroatoms. The number of methoxy groups -OCH3 is 1. The van der Waals surface area contributed by atoms with Crippen molar-refractivity contribution in [2.75, 3.05) is 39.6 Å². The van der Waals surface area contributed by atoms with Crippen molar-refractivity contribution >= 4 is 22.7 Å². The fourth-order valence-electron chi connectivity index (χ4n) is 1.94. The van der Waals surface area contributed by atoms with Crippen molar-refractivity contribution in [1.29, 1.82) is 0 Å². The van der Waals surface area contributed by atoms with Crippen LogP contribution in [-0.4, -0.2) is 49.6 Å². The van der Waals surface area contributed by atoms with Gasteiger partial charge in [0.25, 0.3) is 0 Å². The molecule has 0 atom stereocenters. The van der Waals surface area contributed by atoms with Crippen molar-refractivity contribution in [3.63, 3.8) is 0 Å². The Morgan fingerprint density at radius 3 is 3.10 bits per heavy atom. The number of benzene rings is 1. The number of rotatable bonds is 7. The second kappa shape index (κ2) is 7.05. The number of carbonyl (C=O) groups is 1. The number of nitrogens with zero attached hydrogens (tertiary/aromatic N) is 2. The highest BCUT2D eigenvalue weighted by Gasteiger charge is 2.11. The maximum absolute atomic E-state index is 11.7. The Hall–Kier alpha value is -2.12. The van der Waals surface area contributed by atoms with Crippen LogP contribution in [0.3, 0.4) is 0 Å². The zero-order valence-corrected chi connectivity index (χ0v) is 12.3. The number of nitrogen functional groups attached to an aromatic ring is 1. The van der Waals surface area contributed by atoms with Gasteiger partial charge < -0.3 is 20.2 Å². The largest absolute Gasteiger partial charge is 0.439 e. The first-order valence-electron chi connectivity index (χ1n) is 6.67. The maximum Gasteiger partial charge on any atom is 0.234 e. The fourth-order valence-corrected chi connectivity index (χ4v) is 1.94. The smallest absolute Gasteiger partial charge is 0.234 e. The van der Waals surface area contributed by atoms with Gasteiger partial charge in [0.1, 0.15) is 5.52 Å². The number of aromatic nitrogens is 1. The Kier molecular flexibility index (Phi) is 5.13. The number of amides is 1. The van der Waals surface area contributed by atoms with Gasteiger partial charge in [-0.15, -0.1) is 0 Å². The molecular formula is C14H20N4O3. The van der Waals surface area contributed by atoms with E-state index in [0.29, 0.717) is 36.9 Å². The third-order valence-electron chi connectivity index (χ3n) is 2.90. The predicted molar refractivity (Wildman–Crippen MR) is 79.6 cm³/mol. The van der Waals surface area contributed by atoms with Crippen LogP contribution in [0.1, 0.15) is 5.89 Å². The molecule has 0 saturated heterocycles. The van der Waals surface area contributed by atoms with Gasteiger partial charge >= 0.3 is 0 Å². The summed E-state index contributed by atoms with van der Waals surface area (Å²) in [6.07, 6.45) is 0. The minimum atomic E-state index is -0.0603. The zero-order valence-electron chi connectivity index (χ0n) is 12.3. The van der Waals surface area contributed by atoms with Gasteiger partial charge in [-0.3, -0.25) is 9.69 Å². The second-order valence-corrected chi connectivity index (χ2v) is 4.85. The van der Waals surface area contributed by atoms with Crippen molar-refractivity contribution in [3.05, 3.63) is 24.1 Å². The lowest BCUT2D eigenvalue weighted by atomic mass is 10.3. The molecule has 0 aliphatic carbocycles. The van der Waals surface area contributed by atoms with E-state index in [2.05, 4.69) is 10.3 Å². The lowest BCUT2D eigenvalue weighted by Gasteiger charge is -2.13. The number of nitrogens with one attached hydrogen (secondary N) is 1. The molecule has 0 aliphatic heterocycles. The van der Waals surface area contributed by atoms with Crippen molar-refractivity contribution in [2.45, 2.75) is 6.54 Å². The number of carbonyl (C=O) groups excluding carboxylic acids is 1. The lowest BCUT2D eigenvalue weighted by molar-refractivity contribution is -0.122. The van der Waals surface area contributed by atoms with Crippen LogP contribution in [0.4, 0.5) is 5.69 Å². The number of hydrogen-bond donors (Lipinski definition) is 2. The van der Waals surface area contributed by atoms with Crippen LogP contribution in [-0.2, 0) is 16.1 Å². The summed E-state index contributed by atoms with van der Waals surface area (Å²) in [5, 5.41) is 2.76. The van der Waals surface area contributed by atoms with E-state index in [-0.39, 0.29) is 12.5 Å². The minimum absolute atomic E-state index is 0.0603. The van der Waals surface area contributed by atoms with Gasteiger partial charge in [-0.25, -0.2) is 4.98 Å². The number of hydrogen-bond acceptors (Lipinski definition) is 6. The third kappa shape index (κ3) is 4.44. The van der Waals surface area contributed by atoms with Crippen LogP contribution in [0, 0.1) is 0 Å². The van der Waals surface area contributed by atoms with Crippen molar-refractivity contribution in [2.24, 2.45) is 0 Å². The van der Waals surface area contributed by atoms with Crippen LogP contribution in [0.15, 0.2) is 22.6 Å². The third-order valence-corrected chi connectivity index (χ3v) is 2.90. The SMILES string of the molecule is COCCNC(=O)CN(C)Cc1nc2ccc(N)cc2o1. The van der Waals surface area contributed by atoms with E-state index >= 15 is 0 Å². The minimum Gasteiger partial charge on any atom is -0.439 e. The molecule has 0 aliphatic rings. The average molecular weight is 292 g/mol. The molecule has 7 nitrogen and oxygen atoms in total. The number of fused-ring (bicyclic) bond motifs is 1. The molecular weight excluding hydrogens is 272 g/mol. The molecule has 21 heavy (non-hydrogen) atoms. The second-order valence-electron chi connectivity index (χ2n) is 4.85. The molecule has 0 spiro atoms. The zero-order chi connectivity index (χ0) is 15.2. The van der Waals surface area contributed by atoms with Crippen molar-refractivity contribution in [1.82, 2.24) is 15.2 Å². The van der Waals surface area contributed by atoms with E-state index in [1.54, 1.807) is 19.2 Å². The summed E-state index contributed by atoms with van der Waals surface area (Å²) in [5.74, 6) is 0.498. The Labute approximate surface area is 123 Å². The van der Waals surface area contributed by atoms with Crippen molar-refractivity contribution < 1.29 is 13.9 Å². The van der Waals surface area contributed by atoms with Gasteiger partial charge in [0.15, 0.2) is 5.58 Å².